The Morgan fingerprint density at radius 3 is 2.07 bits per heavy atom. The standard InChI is InChI=1S/C19H26ClNO2.C6H5Cl/c1-4-16(5-2)21-17(14-6-8-15(20)9-7-14)10-11-19(3,12-13-22)18(21)23;7-6-4-2-1-3-5-6/h6-9,13,16-17H,4-5,10-12H2,1-3H3;1-5H/t17?,19-;/m1./s1. The van der Waals surface area contributed by atoms with Crippen molar-refractivity contribution in [3.63, 3.8) is 0 Å². The molecule has 2 aromatic carbocycles. The average Bonchev–Trinajstić information content (AvgIpc) is 2.74. The van der Waals surface area contributed by atoms with Crippen LogP contribution in [-0.4, -0.2) is 23.1 Å². The van der Waals surface area contributed by atoms with Crippen molar-refractivity contribution >= 4 is 35.4 Å². The van der Waals surface area contributed by atoms with E-state index >= 15 is 0 Å². The summed E-state index contributed by atoms with van der Waals surface area (Å²) in [5.41, 5.74) is 0.565. The number of benzene rings is 2. The summed E-state index contributed by atoms with van der Waals surface area (Å²) in [5, 5.41) is 1.50. The predicted octanol–water partition coefficient (Wildman–Crippen LogP) is 7.13. The summed E-state index contributed by atoms with van der Waals surface area (Å²) in [4.78, 5) is 26.3. The number of carbonyl (C=O) groups excluding carboxylic acids is 2. The molecular weight excluding hydrogens is 417 g/mol. The number of likely N-dealkylation sites (tertiary alicyclic amines) is 1. The highest BCUT2D eigenvalue weighted by molar-refractivity contribution is 6.30. The largest absolute Gasteiger partial charge is 0.332 e. The fourth-order valence-electron chi connectivity index (χ4n) is 4.06. The number of carbonyl (C=O) groups is 2. The number of piperidine rings is 1. The molecule has 2 atom stereocenters. The van der Waals surface area contributed by atoms with Gasteiger partial charge >= 0.3 is 0 Å². The lowest BCUT2D eigenvalue weighted by Crippen LogP contribution is -2.53. The summed E-state index contributed by atoms with van der Waals surface area (Å²) in [6.45, 7) is 6.16. The highest BCUT2D eigenvalue weighted by atomic mass is 35.5. The molecule has 0 aromatic heterocycles. The van der Waals surface area contributed by atoms with Crippen LogP contribution in [0, 0.1) is 5.41 Å². The van der Waals surface area contributed by atoms with E-state index in [1.54, 1.807) is 0 Å². The van der Waals surface area contributed by atoms with E-state index in [9.17, 15) is 9.59 Å². The fourth-order valence-corrected chi connectivity index (χ4v) is 4.33. The van der Waals surface area contributed by atoms with Gasteiger partial charge in [0.25, 0.3) is 0 Å². The smallest absolute Gasteiger partial charge is 0.229 e. The Kier molecular flexibility index (Phi) is 9.38. The molecule has 0 aliphatic carbocycles. The maximum atomic E-state index is 13.2. The highest BCUT2D eigenvalue weighted by Crippen LogP contribution is 2.44. The summed E-state index contributed by atoms with van der Waals surface area (Å²) in [6.07, 6.45) is 4.65. The molecular formula is C25H31Cl2NO2. The lowest BCUT2D eigenvalue weighted by Gasteiger charge is -2.47. The maximum absolute atomic E-state index is 13.2. The maximum Gasteiger partial charge on any atom is 0.229 e. The first-order valence-electron chi connectivity index (χ1n) is 10.6. The first kappa shape index (κ1) is 24.4. The molecule has 3 nitrogen and oxygen atoms in total. The van der Waals surface area contributed by atoms with Gasteiger partial charge in [0.2, 0.25) is 5.91 Å². The number of aldehydes is 1. The molecule has 0 spiro atoms. The van der Waals surface area contributed by atoms with Crippen molar-refractivity contribution < 1.29 is 9.59 Å². The van der Waals surface area contributed by atoms with E-state index in [0.29, 0.717) is 11.4 Å². The van der Waals surface area contributed by atoms with Gasteiger partial charge in [0.05, 0.1) is 11.5 Å². The van der Waals surface area contributed by atoms with Crippen LogP contribution in [0.25, 0.3) is 0 Å². The quantitative estimate of drug-likeness (QED) is 0.441. The van der Waals surface area contributed by atoms with Gasteiger partial charge in [0, 0.05) is 22.5 Å². The first-order valence-corrected chi connectivity index (χ1v) is 11.3. The van der Waals surface area contributed by atoms with Gasteiger partial charge in [-0.2, -0.15) is 0 Å². The number of amides is 1. The molecule has 1 heterocycles. The van der Waals surface area contributed by atoms with Crippen LogP contribution in [0.3, 0.4) is 0 Å². The van der Waals surface area contributed by atoms with E-state index in [-0.39, 0.29) is 18.0 Å². The fraction of sp³-hybridized carbons (Fsp3) is 0.440. The Bertz CT molecular complexity index is 806. The molecule has 0 saturated carbocycles. The number of rotatable bonds is 6. The topological polar surface area (TPSA) is 37.4 Å². The van der Waals surface area contributed by atoms with Crippen molar-refractivity contribution in [1.29, 1.82) is 0 Å². The third-order valence-corrected chi connectivity index (χ3v) is 6.42. The number of nitrogens with zero attached hydrogens (tertiary/aromatic N) is 1. The number of hydrogen-bond acceptors (Lipinski definition) is 2. The Morgan fingerprint density at radius 2 is 1.60 bits per heavy atom. The van der Waals surface area contributed by atoms with Gasteiger partial charge in [-0.15, -0.1) is 0 Å². The van der Waals surface area contributed by atoms with Crippen molar-refractivity contribution in [3.05, 3.63) is 70.2 Å². The van der Waals surface area contributed by atoms with Crippen LogP contribution in [0.2, 0.25) is 10.0 Å². The summed E-state index contributed by atoms with van der Waals surface area (Å²) >= 11 is 11.5. The molecule has 0 bridgehead atoms. The van der Waals surface area contributed by atoms with Crippen LogP contribution in [0.15, 0.2) is 54.6 Å². The molecule has 1 saturated heterocycles. The molecule has 3 rings (SSSR count). The normalized spacial score (nSPS) is 21.2. The summed E-state index contributed by atoms with van der Waals surface area (Å²) < 4.78 is 0. The van der Waals surface area contributed by atoms with Crippen LogP contribution >= 0.6 is 23.2 Å². The van der Waals surface area contributed by atoms with Crippen LogP contribution in [0.1, 0.15) is 64.5 Å². The Labute approximate surface area is 190 Å². The van der Waals surface area contributed by atoms with Gasteiger partial charge in [-0.25, -0.2) is 0 Å². The van der Waals surface area contributed by atoms with Gasteiger partial charge in [-0.3, -0.25) is 4.79 Å². The minimum Gasteiger partial charge on any atom is -0.332 e. The van der Waals surface area contributed by atoms with Crippen LogP contribution in [0.5, 0.6) is 0 Å². The minimum absolute atomic E-state index is 0.0735. The molecule has 162 valence electrons. The minimum atomic E-state index is -0.562. The molecule has 1 unspecified atom stereocenters. The van der Waals surface area contributed by atoms with E-state index < -0.39 is 5.41 Å². The van der Waals surface area contributed by atoms with E-state index in [1.807, 2.05) is 66.4 Å². The molecule has 0 radical (unpaired) electrons. The zero-order valence-electron chi connectivity index (χ0n) is 18.0. The second kappa shape index (κ2) is 11.5. The van der Waals surface area contributed by atoms with Crippen molar-refractivity contribution in [2.75, 3.05) is 0 Å². The van der Waals surface area contributed by atoms with Crippen molar-refractivity contribution in [3.8, 4) is 0 Å². The van der Waals surface area contributed by atoms with E-state index in [1.165, 1.54) is 0 Å². The number of hydrogen-bond donors (Lipinski definition) is 0. The molecule has 1 amide bonds. The van der Waals surface area contributed by atoms with Gasteiger partial charge in [0.1, 0.15) is 6.29 Å². The zero-order valence-corrected chi connectivity index (χ0v) is 19.5. The van der Waals surface area contributed by atoms with Gasteiger partial charge in [0.15, 0.2) is 0 Å². The molecule has 0 N–H and O–H groups in total. The van der Waals surface area contributed by atoms with Gasteiger partial charge < -0.3 is 9.69 Å². The molecule has 30 heavy (non-hydrogen) atoms. The molecule has 2 aromatic rings. The Hall–Kier alpha value is -1.84. The molecule has 1 aliphatic rings. The first-order chi connectivity index (χ1) is 14.4. The van der Waals surface area contributed by atoms with E-state index in [0.717, 1.165) is 42.6 Å². The summed E-state index contributed by atoms with van der Waals surface area (Å²) in [6, 6.07) is 17.5. The zero-order chi connectivity index (χ0) is 22.1. The summed E-state index contributed by atoms with van der Waals surface area (Å²) in [7, 11) is 0. The second-order valence-electron chi connectivity index (χ2n) is 8.02. The predicted molar refractivity (Wildman–Crippen MR) is 125 cm³/mol. The van der Waals surface area contributed by atoms with Crippen LogP contribution in [-0.2, 0) is 9.59 Å². The van der Waals surface area contributed by atoms with Crippen molar-refractivity contribution in [1.82, 2.24) is 4.90 Å². The lowest BCUT2D eigenvalue weighted by molar-refractivity contribution is -0.154. The summed E-state index contributed by atoms with van der Waals surface area (Å²) in [5.74, 6) is 0.115. The van der Waals surface area contributed by atoms with Gasteiger partial charge in [-0.05, 0) is 55.5 Å². The Balaban J connectivity index is 0.000000386. The number of halogens is 2. The van der Waals surface area contributed by atoms with Crippen molar-refractivity contribution in [2.45, 2.75) is 65.0 Å². The second-order valence-corrected chi connectivity index (χ2v) is 8.89. The highest BCUT2D eigenvalue weighted by Gasteiger charge is 2.45. The monoisotopic (exact) mass is 447 g/mol. The third-order valence-electron chi connectivity index (χ3n) is 5.91. The van der Waals surface area contributed by atoms with Gasteiger partial charge in [-0.1, -0.05) is 74.3 Å². The molecule has 1 fully saturated rings. The molecule has 1 aliphatic heterocycles. The SMILES string of the molecule is CCC(CC)N1C(=O)[C@@](C)(CC=O)CCC1c1ccc(Cl)cc1.Clc1ccccc1. The van der Waals surface area contributed by atoms with Crippen molar-refractivity contribution in [2.24, 2.45) is 5.41 Å². The van der Waals surface area contributed by atoms with E-state index in [2.05, 4.69) is 13.8 Å². The van der Waals surface area contributed by atoms with E-state index in [4.69, 9.17) is 23.2 Å². The Morgan fingerprint density at radius 1 is 1.03 bits per heavy atom. The van der Waals surface area contributed by atoms with Crippen LogP contribution in [0.4, 0.5) is 0 Å². The average molecular weight is 448 g/mol. The molecule has 5 heteroatoms. The van der Waals surface area contributed by atoms with Crippen LogP contribution < -0.4 is 0 Å². The lowest BCUT2D eigenvalue weighted by atomic mass is 9.74. The third kappa shape index (κ3) is 6.09.